The molecule has 1 heterocycles. The van der Waals surface area contributed by atoms with E-state index in [0.29, 0.717) is 30.0 Å². The Bertz CT molecular complexity index is 570. The number of nitrogen functional groups attached to an aromatic ring is 1. The number of anilines is 1. The quantitative estimate of drug-likeness (QED) is 0.792. The summed E-state index contributed by atoms with van der Waals surface area (Å²) >= 11 is 0. The third kappa shape index (κ3) is 3.22. The number of nitrogens with two attached hydrogens (primary N) is 2. The number of carbonyl (C=O) groups excluding carboxylic acids is 1. The van der Waals surface area contributed by atoms with Crippen LogP contribution in [0.2, 0.25) is 0 Å². The first-order valence-corrected chi connectivity index (χ1v) is 5.88. The van der Waals surface area contributed by atoms with E-state index in [1.165, 1.54) is 0 Å². The fraction of sp³-hybridized carbons (Fsp3) is 0.143. The smallest absolute Gasteiger partial charge is 0.252 e. The molecule has 1 aromatic heterocycles. The van der Waals surface area contributed by atoms with E-state index in [0.717, 1.165) is 5.56 Å². The Hall–Kier alpha value is -2.56. The second-order valence-electron chi connectivity index (χ2n) is 4.04. The standard InChI is InChI=1S/C14H15N3O2/c15-12-3-1-2-11(14(16)18)13(12)19-9-6-10-4-7-17-8-5-10/h1-5,7-8H,6,9,15H2,(H2,16,18). The Morgan fingerprint density at radius 1 is 1.21 bits per heavy atom. The predicted octanol–water partition coefficient (Wildman–Crippen LogP) is 1.38. The van der Waals surface area contributed by atoms with Crippen LogP contribution in [0.4, 0.5) is 5.69 Å². The average molecular weight is 257 g/mol. The van der Waals surface area contributed by atoms with Gasteiger partial charge in [0.2, 0.25) is 0 Å². The summed E-state index contributed by atoms with van der Waals surface area (Å²) < 4.78 is 5.59. The number of aromatic nitrogens is 1. The fourth-order valence-corrected chi connectivity index (χ4v) is 1.73. The first kappa shape index (κ1) is 12.9. The summed E-state index contributed by atoms with van der Waals surface area (Å²) in [5.41, 5.74) is 12.9. The summed E-state index contributed by atoms with van der Waals surface area (Å²) in [6, 6.07) is 8.76. The largest absolute Gasteiger partial charge is 0.490 e. The van der Waals surface area contributed by atoms with Crippen molar-refractivity contribution in [2.24, 2.45) is 5.73 Å². The second kappa shape index (κ2) is 5.86. The van der Waals surface area contributed by atoms with E-state index in [9.17, 15) is 4.79 Å². The van der Waals surface area contributed by atoms with Gasteiger partial charge < -0.3 is 16.2 Å². The lowest BCUT2D eigenvalue weighted by Crippen LogP contribution is -2.15. The van der Waals surface area contributed by atoms with Crippen molar-refractivity contribution in [3.63, 3.8) is 0 Å². The van der Waals surface area contributed by atoms with Gasteiger partial charge in [-0.1, -0.05) is 6.07 Å². The summed E-state index contributed by atoms with van der Waals surface area (Å²) in [4.78, 5) is 15.2. The van der Waals surface area contributed by atoms with Gasteiger partial charge in [0.25, 0.3) is 5.91 Å². The SMILES string of the molecule is NC(=O)c1cccc(N)c1OCCc1ccncc1. The number of hydrogen-bond acceptors (Lipinski definition) is 4. The number of carbonyl (C=O) groups is 1. The van der Waals surface area contributed by atoms with Crippen LogP contribution in [-0.2, 0) is 6.42 Å². The van der Waals surface area contributed by atoms with Crippen LogP contribution in [-0.4, -0.2) is 17.5 Å². The predicted molar refractivity (Wildman–Crippen MR) is 72.8 cm³/mol. The van der Waals surface area contributed by atoms with E-state index in [1.807, 2.05) is 12.1 Å². The maximum absolute atomic E-state index is 11.3. The number of rotatable bonds is 5. The zero-order chi connectivity index (χ0) is 13.7. The summed E-state index contributed by atoms with van der Waals surface area (Å²) in [6.45, 7) is 0.415. The molecule has 0 bridgehead atoms. The van der Waals surface area contributed by atoms with Crippen molar-refractivity contribution >= 4 is 11.6 Å². The molecule has 5 nitrogen and oxygen atoms in total. The Labute approximate surface area is 111 Å². The molecule has 19 heavy (non-hydrogen) atoms. The topological polar surface area (TPSA) is 91.2 Å². The molecule has 0 spiro atoms. The molecule has 0 radical (unpaired) electrons. The number of nitrogens with zero attached hydrogens (tertiary/aromatic N) is 1. The molecule has 1 aromatic carbocycles. The Morgan fingerprint density at radius 2 is 1.95 bits per heavy atom. The average Bonchev–Trinajstić information content (AvgIpc) is 2.41. The first-order valence-electron chi connectivity index (χ1n) is 5.88. The van der Waals surface area contributed by atoms with Gasteiger partial charge in [-0.2, -0.15) is 0 Å². The summed E-state index contributed by atoms with van der Waals surface area (Å²) in [7, 11) is 0. The van der Waals surface area contributed by atoms with Gasteiger partial charge in [-0.25, -0.2) is 0 Å². The van der Waals surface area contributed by atoms with Crippen molar-refractivity contribution in [3.8, 4) is 5.75 Å². The third-order valence-corrected chi connectivity index (χ3v) is 2.70. The van der Waals surface area contributed by atoms with Gasteiger partial charge in [0.15, 0.2) is 5.75 Å². The number of amides is 1. The lowest BCUT2D eigenvalue weighted by atomic mass is 10.1. The highest BCUT2D eigenvalue weighted by atomic mass is 16.5. The molecule has 5 heteroatoms. The molecule has 0 aliphatic heterocycles. The summed E-state index contributed by atoms with van der Waals surface area (Å²) in [5, 5.41) is 0. The van der Waals surface area contributed by atoms with Crippen LogP contribution in [0.1, 0.15) is 15.9 Å². The van der Waals surface area contributed by atoms with E-state index < -0.39 is 5.91 Å². The molecule has 0 unspecified atom stereocenters. The minimum atomic E-state index is -0.550. The van der Waals surface area contributed by atoms with Crippen molar-refractivity contribution in [2.75, 3.05) is 12.3 Å². The van der Waals surface area contributed by atoms with Crippen LogP contribution >= 0.6 is 0 Å². The number of hydrogen-bond donors (Lipinski definition) is 2. The third-order valence-electron chi connectivity index (χ3n) is 2.70. The van der Waals surface area contributed by atoms with Crippen molar-refractivity contribution in [3.05, 3.63) is 53.9 Å². The molecule has 2 aromatic rings. The minimum Gasteiger partial charge on any atom is -0.490 e. The van der Waals surface area contributed by atoms with E-state index in [-0.39, 0.29) is 0 Å². The number of pyridine rings is 1. The molecule has 0 atom stereocenters. The van der Waals surface area contributed by atoms with Gasteiger partial charge in [-0.15, -0.1) is 0 Å². The van der Waals surface area contributed by atoms with Crippen molar-refractivity contribution in [1.29, 1.82) is 0 Å². The Morgan fingerprint density at radius 3 is 2.63 bits per heavy atom. The highest BCUT2D eigenvalue weighted by molar-refractivity contribution is 5.97. The molecule has 2 rings (SSSR count). The van der Waals surface area contributed by atoms with E-state index >= 15 is 0 Å². The normalized spacial score (nSPS) is 10.1. The molecule has 1 amide bonds. The van der Waals surface area contributed by atoms with E-state index in [2.05, 4.69) is 4.98 Å². The number of primary amides is 1. The maximum Gasteiger partial charge on any atom is 0.252 e. The van der Waals surface area contributed by atoms with Gasteiger partial charge >= 0.3 is 0 Å². The number of para-hydroxylation sites is 1. The molecule has 0 saturated carbocycles. The summed E-state index contributed by atoms with van der Waals surface area (Å²) in [6.07, 6.45) is 4.15. The lowest BCUT2D eigenvalue weighted by molar-refractivity contribution is 0.0996. The zero-order valence-corrected chi connectivity index (χ0v) is 10.4. The Kier molecular flexibility index (Phi) is 3.97. The molecular weight excluding hydrogens is 242 g/mol. The monoisotopic (exact) mass is 257 g/mol. The van der Waals surface area contributed by atoms with Crippen LogP contribution in [0.25, 0.3) is 0 Å². The van der Waals surface area contributed by atoms with Crippen molar-refractivity contribution in [1.82, 2.24) is 4.98 Å². The number of benzene rings is 1. The van der Waals surface area contributed by atoms with E-state index in [4.69, 9.17) is 16.2 Å². The van der Waals surface area contributed by atoms with Gasteiger partial charge in [-0.05, 0) is 29.8 Å². The highest BCUT2D eigenvalue weighted by Gasteiger charge is 2.12. The van der Waals surface area contributed by atoms with Crippen molar-refractivity contribution in [2.45, 2.75) is 6.42 Å². The van der Waals surface area contributed by atoms with Crippen LogP contribution in [0.3, 0.4) is 0 Å². The highest BCUT2D eigenvalue weighted by Crippen LogP contribution is 2.26. The van der Waals surface area contributed by atoms with Crippen LogP contribution in [0.5, 0.6) is 5.75 Å². The summed E-state index contributed by atoms with van der Waals surface area (Å²) in [5.74, 6) is -0.199. The van der Waals surface area contributed by atoms with Crippen LogP contribution in [0, 0.1) is 0 Å². The van der Waals surface area contributed by atoms with E-state index in [1.54, 1.807) is 30.6 Å². The first-order chi connectivity index (χ1) is 9.18. The molecule has 0 fully saturated rings. The second-order valence-corrected chi connectivity index (χ2v) is 4.04. The molecule has 4 N–H and O–H groups in total. The van der Waals surface area contributed by atoms with Crippen LogP contribution in [0.15, 0.2) is 42.7 Å². The molecule has 98 valence electrons. The fourth-order valence-electron chi connectivity index (χ4n) is 1.73. The molecule has 0 aliphatic rings. The zero-order valence-electron chi connectivity index (χ0n) is 10.4. The molecule has 0 saturated heterocycles. The molecular formula is C14H15N3O2. The van der Waals surface area contributed by atoms with Crippen LogP contribution < -0.4 is 16.2 Å². The minimum absolute atomic E-state index is 0.301. The number of ether oxygens (including phenoxy) is 1. The van der Waals surface area contributed by atoms with Gasteiger partial charge in [0.05, 0.1) is 17.9 Å². The maximum atomic E-state index is 11.3. The van der Waals surface area contributed by atoms with Gasteiger partial charge in [-0.3, -0.25) is 9.78 Å². The van der Waals surface area contributed by atoms with Gasteiger partial charge in [0, 0.05) is 18.8 Å². The van der Waals surface area contributed by atoms with Gasteiger partial charge in [0.1, 0.15) is 0 Å². The lowest BCUT2D eigenvalue weighted by Gasteiger charge is -2.11. The van der Waals surface area contributed by atoms with Crippen molar-refractivity contribution < 1.29 is 9.53 Å². The Balaban J connectivity index is 2.05. The molecule has 0 aliphatic carbocycles.